The Hall–Kier alpha value is -1.46. The van der Waals surface area contributed by atoms with Crippen LogP contribution in [0, 0.1) is 0 Å². The molecule has 100 valence electrons. The van der Waals surface area contributed by atoms with E-state index in [-0.39, 0.29) is 32.3 Å². The maximum atomic E-state index is 12.4. The van der Waals surface area contributed by atoms with Crippen LogP contribution in [0.5, 0.6) is 5.75 Å². The Labute approximate surface area is 119 Å². The van der Waals surface area contributed by atoms with Gasteiger partial charge in [-0.2, -0.15) is 0 Å². The van der Waals surface area contributed by atoms with Crippen molar-refractivity contribution in [3.8, 4) is 5.75 Å². The van der Waals surface area contributed by atoms with Crippen molar-refractivity contribution in [3.63, 3.8) is 0 Å². The Morgan fingerprint density at radius 3 is 2.58 bits per heavy atom. The molecule has 0 bridgehead atoms. The molecule has 5 nitrogen and oxygen atoms in total. The first-order chi connectivity index (χ1) is 9.09. The molecule has 0 unspecified atom stereocenters. The van der Waals surface area contributed by atoms with Gasteiger partial charge in [0.2, 0.25) is 0 Å². The molecule has 0 spiro atoms. The highest BCUT2D eigenvalue weighted by Gasteiger charge is 2.19. The molecule has 2 aromatic rings. The minimum absolute atomic E-state index is 0.0864. The number of hydrogen-bond acceptors (Lipinski definition) is 4. The van der Waals surface area contributed by atoms with Crippen molar-refractivity contribution in [2.45, 2.75) is 12.8 Å². The van der Waals surface area contributed by atoms with Gasteiger partial charge in [-0.1, -0.05) is 23.2 Å². The molecule has 2 heterocycles. The Kier molecular flexibility index (Phi) is 3.03. The van der Waals surface area contributed by atoms with Crippen LogP contribution in [0.4, 0.5) is 0 Å². The number of phenolic OH excluding ortho intramolecular Hbond substituents is 1. The highest BCUT2D eigenvalue weighted by Crippen LogP contribution is 2.34. The van der Waals surface area contributed by atoms with Crippen LogP contribution in [0.15, 0.2) is 17.2 Å². The number of hydrogen-bond donors (Lipinski definition) is 1. The first kappa shape index (κ1) is 12.6. The van der Waals surface area contributed by atoms with E-state index in [2.05, 4.69) is 4.98 Å². The summed E-state index contributed by atoms with van der Waals surface area (Å²) in [5, 5.41) is 12.2. The summed E-state index contributed by atoms with van der Waals surface area (Å²) in [7, 11) is 0. The molecule has 1 aliphatic heterocycles. The molecule has 0 aliphatic carbocycles. The van der Waals surface area contributed by atoms with Crippen LogP contribution in [-0.2, 0) is 0 Å². The van der Waals surface area contributed by atoms with Crippen LogP contribution in [0.25, 0.3) is 10.9 Å². The lowest BCUT2D eigenvalue weighted by Crippen LogP contribution is -2.40. The third kappa shape index (κ3) is 1.93. The number of phenols is 1. The number of rotatable bonds is 1. The van der Waals surface area contributed by atoms with Crippen molar-refractivity contribution < 1.29 is 5.11 Å². The molecule has 0 saturated carbocycles. The fraction of sp³-hybridized carbons (Fsp3) is 0.333. The fourth-order valence-corrected chi connectivity index (χ4v) is 2.86. The van der Waals surface area contributed by atoms with Crippen LogP contribution in [0.1, 0.15) is 12.8 Å². The third-order valence-electron chi connectivity index (χ3n) is 3.28. The lowest BCUT2D eigenvalue weighted by atomic mass is 10.2. The van der Waals surface area contributed by atoms with Crippen LogP contribution in [0.3, 0.4) is 0 Å². The third-order valence-corrected chi connectivity index (χ3v) is 3.87. The number of benzene rings is 1. The van der Waals surface area contributed by atoms with E-state index in [9.17, 15) is 9.90 Å². The molecule has 1 aromatic heterocycles. The minimum Gasteiger partial charge on any atom is -0.504 e. The van der Waals surface area contributed by atoms with E-state index in [1.54, 1.807) is 0 Å². The van der Waals surface area contributed by atoms with E-state index in [1.807, 2.05) is 5.01 Å². The first-order valence-corrected chi connectivity index (χ1v) is 6.69. The zero-order valence-electron chi connectivity index (χ0n) is 9.94. The lowest BCUT2D eigenvalue weighted by molar-refractivity contribution is 0.480. The Morgan fingerprint density at radius 1 is 1.21 bits per heavy atom. The van der Waals surface area contributed by atoms with Crippen LogP contribution >= 0.6 is 23.2 Å². The minimum atomic E-state index is -0.288. The highest BCUT2D eigenvalue weighted by molar-refractivity contribution is 6.39. The number of halogens is 2. The molecule has 19 heavy (non-hydrogen) atoms. The van der Waals surface area contributed by atoms with Gasteiger partial charge in [-0.05, 0) is 18.9 Å². The van der Waals surface area contributed by atoms with Gasteiger partial charge >= 0.3 is 0 Å². The lowest BCUT2D eigenvalue weighted by Gasteiger charge is -2.20. The summed E-state index contributed by atoms with van der Waals surface area (Å²) < 4.78 is 1.45. The second kappa shape index (κ2) is 4.58. The summed E-state index contributed by atoms with van der Waals surface area (Å²) in [5.74, 6) is -0.216. The van der Waals surface area contributed by atoms with Gasteiger partial charge in [0, 0.05) is 13.1 Å². The maximum absolute atomic E-state index is 12.4. The van der Waals surface area contributed by atoms with Crippen LogP contribution in [-0.4, -0.2) is 27.9 Å². The SMILES string of the molecule is O=c1c2c(Cl)cc(Cl)c(O)c2ncn1N1CCCC1. The van der Waals surface area contributed by atoms with Gasteiger partial charge in [0.15, 0.2) is 5.75 Å². The number of nitrogens with zero attached hydrogens (tertiary/aromatic N) is 3. The van der Waals surface area contributed by atoms with E-state index in [0.29, 0.717) is 0 Å². The topological polar surface area (TPSA) is 58.4 Å². The van der Waals surface area contributed by atoms with E-state index in [4.69, 9.17) is 23.2 Å². The molecular weight excluding hydrogens is 289 g/mol. The largest absolute Gasteiger partial charge is 0.504 e. The summed E-state index contributed by atoms with van der Waals surface area (Å²) >= 11 is 11.9. The van der Waals surface area contributed by atoms with Gasteiger partial charge in [0.25, 0.3) is 5.56 Å². The summed E-state index contributed by atoms with van der Waals surface area (Å²) in [6.07, 6.45) is 3.50. The van der Waals surface area contributed by atoms with Gasteiger partial charge in [0.05, 0.1) is 15.4 Å². The summed E-state index contributed by atoms with van der Waals surface area (Å²) in [5.41, 5.74) is -0.151. The molecule has 1 fully saturated rings. The van der Waals surface area contributed by atoms with Gasteiger partial charge in [-0.25, -0.2) is 9.66 Å². The predicted octanol–water partition coefficient (Wildman–Crippen LogP) is 2.14. The van der Waals surface area contributed by atoms with Gasteiger partial charge < -0.3 is 10.1 Å². The van der Waals surface area contributed by atoms with E-state index < -0.39 is 0 Å². The molecule has 7 heteroatoms. The fourth-order valence-electron chi connectivity index (χ4n) is 2.32. The molecule has 0 amide bonds. The summed E-state index contributed by atoms with van der Waals surface area (Å²) in [4.78, 5) is 16.6. The Bertz CT molecular complexity index is 708. The molecule has 1 aromatic carbocycles. The average molecular weight is 300 g/mol. The monoisotopic (exact) mass is 299 g/mol. The summed E-state index contributed by atoms with van der Waals surface area (Å²) in [6.45, 7) is 1.62. The molecule has 3 rings (SSSR count). The van der Waals surface area contributed by atoms with Crippen molar-refractivity contribution >= 4 is 34.1 Å². The van der Waals surface area contributed by atoms with E-state index in [0.717, 1.165) is 25.9 Å². The zero-order valence-corrected chi connectivity index (χ0v) is 11.4. The molecule has 1 saturated heterocycles. The number of fused-ring (bicyclic) bond motifs is 1. The maximum Gasteiger partial charge on any atom is 0.281 e. The molecule has 1 N–H and O–H groups in total. The quantitative estimate of drug-likeness (QED) is 0.876. The standard InChI is InChI=1S/C12H11Cl2N3O2/c13-7-5-8(14)11(18)10-9(7)12(19)17(6-15-10)16-3-1-2-4-16/h5-6,18H,1-4H2. The van der Waals surface area contributed by atoms with Gasteiger partial charge in [-0.3, -0.25) is 4.79 Å². The Morgan fingerprint density at radius 2 is 1.89 bits per heavy atom. The van der Waals surface area contributed by atoms with E-state index >= 15 is 0 Å². The van der Waals surface area contributed by atoms with Crippen molar-refractivity contribution in [2.75, 3.05) is 18.1 Å². The van der Waals surface area contributed by atoms with E-state index in [1.165, 1.54) is 17.1 Å². The van der Waals surface area contributed by atoms with Crippen LogP contribution < -0.4 is 10.6 Å². The van der Waals surface area contributed by atoms with Crippen molar-refractivity contribution in [1.82, 2.24) is 9.66 Å². The number of aromatic nitrogens is 2. The average Bonchev–Trinajstić information content (AvgIpc) is 2.89. The van der Waals surface area contributed by atoms with Gasteiger partial charge in [0.1, 0.15) is 11.8 Å². The van der Waals surface area contributed by atoms with Crippen LogP contribution in [0.2, 0.25) is 10.0 Å². The molecule has 0 radical (unpaired) electrons. The summed E-state index contributed by atoms with van der Waals surface area (Å²) in [6, 6.07) is 1.36. The second-order valence-electron chi connectivity index (χ2n) is 4.47. The normalized spacial score (nSPS) is 15.4. The zero-order chi connectivity index (χ0) is 13.6. The highest BCUT2D eigenvalue weighted by atomic mass is 35.5. The smallest absolute Gasteiger partial charge is 0.281 e. The Balaban J connectivity index is 2.30. The number of aromatic hydroxyl groups is 1. The van der Waals surface area contributed by atoms with Crippen molar-refractivity contribution in [3.05, 3.63) is 32.8 Å². The molecule has 0 atom stereocenters. The first-order valence-electron chi connectivity index (χ1n) is 5.93. The van der Waals surface area contributed by atoms with Gasteiger partial charge in [-0.15, -0.1) is 0 Å². The van der Waals surface area contributed by atoms with Crippen molar-refractivity contribution in [1.29, 1.82) is 0 Å². The molecule has 1 aliphatic rings. The van der Waals surface area contributed by atoms with Crippen molar-refractivity contribution in [2.24, 2.45) is 0 Å². The molecular formula is C12H11Cl2N3O2. The predicted molar refractivity (Wildman–Crippen MR) is 74.9 cm³/mol. The second-order valence-corrected chi connectivity index (χ2v) is 5.28.